The summed E-state index contributed by atoms with van der Waals surface area (Å²) in [5.74, 6) is 0. The maximum Gasteiger partial charge on any atom is 0.0208 e. The van der Waals surface area contributed by atoms with E-state index < -0.39 is 0 Å². The van der Waals surface area contributed by atoms with Crippen LogP contribution in [-0.2, 0) is 6.42 Å². The Balaban J connectivity index is 2.53. The number of rotatable bonds is 4. The minimum absolute atomic E-state index is 0.306. The summed E-state index contributed by atoms with van der Waals surface area (Å²) in [6, 6.07) is 6.58. The minimum Gasteiger partial charge on any atom is -0.328 e. The van der Waals surface area contributed by atoms with Crippen molar-refractivity contribution in [1.29, 1.82) is 0 Å². The van der Waals surface area contributed by atoms with Crippen LogP contribution in [0.15, 0.2) is 27.1 Å². The zero-order chi connectivity index (χ0) is 10.6. The number of aryl methyl sites for hydroxylation is 1. The predicted octanol–water partition coefficient (Wildman–Crippen LogP) is 3.88. The van der Waals surface area contributed by atoms with Crippen LogP contribution < -0.4 is 5.73 Å². The van der Waals surface area contributed by atoms with Gasteiger partial charge in [-0.15, -0.1) is 0 Å². The summed E-state index contributed by atoms with van der Waals surface area (Å²) < 4.78 is 2.32. The monoisotopic (exact) mass is 319 g/mol. The van der Waals surface area contributed by atoms with Gasteiger partial charge in [-0.25, -0.2) is 0 Å². The van der Waals surface area contributed by atoms with Crippen LogP contribution in [-0.4, -0.2) is 6.04 Å². The molecule has 0 aliphatic carbocycles. The number of halogens is 2. The summed E-state index contributed by atoms with van der Waals surface area (Å²) in [6.45, 7) is 2.05. The van der Waals surface area contributed by atoms with E-state index in [4.69, 9.17) is 5.73 Å². The molecule has 14 heavy (non-hydrogen) atoms. The van der Waals surface area contributed by atoms with E-state index in [1.54, 1.807) is 0 Å². The molecule has 0 saturated carbocycles. The fraction of sp³-hybridized carbons (Fsp3) is 0.455. The Kier molecular flexibility index (Phi) is 5.13. The number of hydrogen-bond donors (Lipinski definition) is 1. The van der Waals surface area contributed by atoms with Crippen molar-refractivity contribution in [1.82, 2.24) is 0 Å². The summed E-state index contributed by atoms with van der Waals surface area (Å²) in [7, 11) is 0. The molecule has 1 atom stereocenters. The molecular formula is C11H15Br2N. The lowest BCUT2D eigenvalue weighted by Gasteiger charge is -2.07. The molecule has 0 saturated heterocycles. The molecule has 0 aliphatic rings. The molecule has 1 rings (SSSR count). The van der Waals surface area contributed by atoms with E-state index >= 15 is 0 Å². The average molecular weight is 321 g/mol. The number of nitrogens with two attached hydrogens (primary N) is 1. The first kappa shape index (κ1) is 12.2. The molecule has 0 bridgehead atoms. The van der Waals surface area contributed by atoms with Crippen molar-refractivity contribution < 1.29 is 0 Å². The van der Waals surface area contributed by atoms with Crippen molar-refractivity contribution in [2.75, 3.05) is 0 Å². The van der Waals surface area contributed by atoms with Crippen LogP contribution in [0.3, 0.4) is 0 Å². The Hall–Kier alpha value is 0.140. The fourth-order valence-electron chi connectivity index (χ4n) is 1.35. The van der Waals surface area contributed by atoms with E-state index in [2.05, 4.69) is 50.9 Å². The van der Waals surface area contributed by atoms with Crippen molar-refractivity contribution >= 4 is 31.9 Å². The van der Waals surface area contributed by atoms with Crippen molar-refractivity contribution in [3.8, 4) is 0 Å². The predicted molar refractivity (Wildman–Crippen MR) is 68.4 cm³/mol. The SMILES string of the molecule is CC(N)CCCc1cc(Br)ccc1Br. The lowest BCUT2D eigenvalue weighted by Crippen LogP contribution is -2.14. The van der Waals surface area contributed by atoms with Crippen molar-refractivity contribution in [2.24, 2.45) is 5.73 Å². The fourth-order valence-corrected chi connectivity index (χ4v) is 2.20. The highest BCUT2D eigenvalue weighted by molar-refractivity contribution is 9.11. The van der Waals surface area contributed by atoms with Crippen LogP contribution in [0.1, 0.15) is 25.3 Å². The molecule has 0 heterocycles. The maximum absolute atomic E-state index is 5.70. The second-order valence-corrected chi connectivity index (χ2v) is 5.38. The molecule has 78 valence electrons. The Labute approximate surface area is 102 Å². The Morgan fingerprint density at radius 3 is 2.71 bits per heavy atom. The third-order valence-electron chi connectivity index (χ3n) is 2.11. The second kappa shape index (κ2) is 5.89. The molecule has 0 radical (unpaired) electrons. The van der Waals surface area contributed by atoms with Crippen LogP contribution in [0.4, 0.5) is 0 Å². The molecule has 0 amide bonds. The van der Waals surface area contributed by atoms with Gasteiger partial charge in [0, 0.05) is 15.0 Å². The summed E-state index contributed by atoms with van der Waals surface area (Å²) in [5.41, 5.74) is 7.05. The maximum atomic E-state index is 5.70. The van der Waals surface area contributed by atoms with Gasteiger partial charge >= 0.3 is 0 Å². The summed E-state index contributed by atoms with van der Waals surface area (Å²) in [6.07, 6.45) is 3.31. The molecular weight excluding hydrogens is 306 g/mol. The summed E-state index contributed by atoms with van der Waals surface area (Å²) >= 11 is 7.02. The van der Waals surface area contributed by atoms with Crippen molar-refractivity contribution in [3.05, 3.63) is 32.7 Å². The third-order valence-corrected chi connectivity index (χ3v) is 3.38. The largest absolute Gasteiger partial charge is 0.328 e. The molecule has 0 aliphatic heterocycles. The smallest absolute Gasteiger partial charge is 0.0208 e. The topological polar surface area (TPSA) is 26.0 Å². The highest BCUT2D eigenvalue weighted by Crippen LogP contribution is 2.23. The third kappa shape index (κ3) is 4.11. The molecule has 1 nitrogen and oxygen atoms in total. The van der Waals surface area contributed by atoms with Crippen molar-refractivity contribution in [2.45, 2.75) is 32.2 Å². The Bertz CT molecular complexity index is 297. The van der Waals surface area contributed by atoms with Gasteiger partial charge in [-0.3, -0.25) is 0 Å². The van der Waals surface area contributed by atoms with Gasteiger partial charge in [0.2, 0.25) is 0 Å². The normalized spacial score (nSPS) is 12.9. The van der Waals surface area contributed by atoms with Gasteiger partial charge in [-0.2, -0.15) is 0 Å². The number of benzene rings is 1. The zero-order valence-electron chi connectivity index (χ0n) is 8.26. The molecule has 1 aromatic rings. The molecule has 0 spiro atoms. The summed E-state index contributed by atoms with van der Waals surface area (Å²) in [4.78, 5) is 0. The van der Waals surface area contributed by atoms with Gasteiger partial charge in [-0.1, -0.05) is 31.9 Å². The van der Waals surface area contributed by atoms with Crippen LogP contribution in [0, 0.1) is 0 Å². The van der Waals surface area contributed by atoms with Gasteiger partial charge < -0.3 is 5.73 Å². The van der Waals surface area contributed by atoms with E-state index in [9.17, 15) is 0 Å². The van der Waals surface area contributed by atoms with Crippen LogP contribution >= 0.6 is 31.9 Å². The first-order chi connectivity index (χ1) is 6.59. The van der Waals surface area contributed by atoms with E-state index in [-0.39, 0.29) is 0 Å². The minimum atomic E-state index is 0.306. The zero-order valence-corrected chi connectivity index (χ0v) is 11.4. The standard InChI is InChI=1S/C11H15Br2N/c1-8(14)3-2-4-9-7-10(12)5-6-11(9)13/h5-8H,2-4,14H2,1H3. The summed E-state index contributed by atoms with van der Waals surface area (Å²) in [5, 5.41) is 0. The first-order valence-electron chi connectivity index (χ1n) is 4.79. The quantitative estimate of drug-likeness (QED) is 0.895. The van der Waals surface area contributed by atoms with E-state index in [0.29, 0.717) is 6.04 Å². The Morgan fingerprint density at radius 1 is 1.36 bits per heavy atom. The van der Waals surface area contributed by atoms with Crippen LogP contribution in [0.25, 0.3) is 0 Å². The lowest BCUT2D eigenvalue weighted by molar-refractivity contribution is 0.623. The van der Waals surface area contributed by atoms with Gasteiger partial charge in [0.15, 0.2) is 0 Å². The molecule has 0 fully saturated rings. The van der Waals surface area contributed by atoms with Crippen LogP contribution in [0.5, 0.6) is 0 Å². The van der Waals surface area contributed by atoms with E-state index in [0.717, 1.165) is 23.7 Å². The first-order valence-corrected chi connectivity index (χ1v) is 6.37. The lowest BCUT2D eigenvalue weighted by atomic mass is 10.1. The van der Waals surface area contributed by atoms with E-state index in [1.807, 2.05) is 6.07 Å². The van der Waals surface area contributed by atoms with Crippen LogP contribution in [0.2, 0.25) is 0 Å². The second-order valence-electron chi connectivity index (χ2n) is 3.61. The molecule has 3 heteroatoms. The van der Waals surface area contributed by atoms with Crippen molar-refractivity contribution in [3.63, 3.8) is 0 Å². The highest BCUT2D eigenvalue weighted by Gasteiger charge is 2.01. The Morgan fingerprint density at radius 2 is 2.07 bits per heavy atom. The van der Waals surface area contributed by atoms with Gasteiger partial charge in [0.05, 0.1) is 0 Å². The van der Waals surface area contributed by atoms with Gasteiger partial charge in [0.25, 0.3) is 0 Å². The van der Waals surface area contributed by atoms with E-state index in [1.165, 1.54) is 10.0 Å². The molecule has 0 aromatic heterocycles. The van der Waals surface area contributed by atoms with Gasteiger partial charge in [0.1, 0.15) is 0 Å². The average Bonchev–Trinajstić information content (AvgIpc) is 2.10. The highest BCUT2D eigenvalue weighted by atomic mass is 79.9. The molecule has 1 unspecified atom stereocenters. The molecule has 1 aromatic carbocycles. The van der Waals surface area contributed by atoms with Gasteiger partial charge in [-0.05, 0) is 49.9 Å². The molecule has 2 N–H and O–H groups in total. The number of hydrogen-bond acceptors (Lipinski definition) is 1.